The lowest BCUT2D eigenvalue weighted by molar-refractivity contribution is 1.51. The van der Waals surface area contributed by atoms with Gasteiger partial charge in [-0.1, -0.05) is 30.3 Å². The van der Waals surface area contributed by atoms with Crippen LogP contribution in [0, 0.1) is 10.7 Å². The van der Waals surface area contributed by atoms with Crippen LogP contribution >= 0.6 is 67.8 Å². The van der Waals surface area contributed by atoms with Crippen LogP contribution in [0.4, 0.5) is 0 Å². The molecule has 0 fully saturated rings. The molecule has 0 unspecified atom stereocenters. The van der Waals surface area contributed by atoms with Crippen molar-refractivity contribution in [3.05, 3.63) is 53.2 Å². The van der Waals surface area contributed by atoms with Crippen molar-refractivity contribution in [3.63, 3.8) is 0 Å². The summed E-state index contributed by atoms with van der Waals surface area (Å²) in [7, 11) is 0. The molecule has 0 aliphatic carbocycles. The van der Waals surface area contributed by atoms with Crippen LogP contribution in [-0.4, -0.2) is 0 Å². The van der Waals surface area contributed by atoms with E-state index in [-0.39, 0.29) is 0 Å². The maximum absolute atomic E-state index is 2.41. The van der Waals surface area contributed by atoms with Crippen LogP contribution in [0.3, 0.4) is 0 Å². The quantitative estimate of drug-likeness (QED) is 0.446. The summed E-state index contributed by atoms with van der Waals surface area (Å²) in [6.07, 6.45) is 0. The molecule has 0 atom stereocenters. The summed E-state index contributed by atoms with van der Waals surface area (Å²) < 4.78 is 3.92. The molecule has 0 aliphatic rings. The zero-order valence-corrected chi connectivity index (χ0v) is 14.1. The SMILES string of the molecule is Ic1cc(I)c(-c2ccccc2)c(I)c1. The Kier molecular flexibility index (Phi) is 4.28. The van der Waals surface area contributed by atoms with E-state index < -0.39 is 0 Å². The minimum Gasteiger partial charge on any atom is -0.0622 e. The number of benzene rings is 2. The summed E-state index contributed by atoms with van der Waals surface area (Å²) in [6.45, 7) is 0. The molecule has 0 radical (unpaired) electrons. The van der Waals surface area contributed by atoms with Crippen LogP contribution in [0.5, 0.6) is 0 Å². The zero-order chi connectivity index (χ0) is 10.8. The molecule has 0 saturated carbocycles. The third-order valence-corrected chi connectivity index (χ3v) is 4.39. The van der Waals surface area contributed by atoms with E-state index in [1.807, 2.05) is 0 Å². The smallest absolute Gasteiger partial charge is 0.0229 e. The second kappa shape index (κ2) is 5.31. The van der Waals surface area contributed by atoms with Gasteiger partial charge in [0.15, 0.2) is 0 Å². The molecule has 0 heterocycles. The van der Waals surface area contributed by atoms with Crippen molar-refractivity contribution in [1.82, 2.24) is 0 Å². The monoisotopic (exact) mass is 532 g/mol. The first kappa shape index (κ1) is 12.1. The van der Waals surface area contributed by atoms with Gasteiger partial charge >= 0.3 is 0 Å². The van der Waals surface area contributed by atoms with E-state index in [4.69, 9.17) is 0 Å². The molecule has 0 amide bonds. The normalized spacial score (nSPS) is 10.3. The van der Waals surface area contributed by atoms with Crippen molar-refractivity contribution >= 4 is 67.8 Å². The Morgan fingerprint density at radius 3 is 1.80 bits per heavy atom. The molecule has 0 bridgehead atoms. The van der Waals surface area contributed by atoms with E-state index in [2.05, 4.69) is 110 Å². The Labute approximate surface area is 130 Å². The molecular weight excluding hydrogens is 525 g/mol. The Bertz CT molecular complexity index is 454. The number of hydrogen-bond donors (Lipinski definition) is 0. The third-order valence-electron chi connectivity index (χ3n) is 2.07. The minimum absolute atomic E-state index is 1.29. The predicted octanol–water partition coefficient (Wildman–Crippen LogP) is 5.17. The van der Waals surface area contributed by atoms with E-state index >= 15 is 0 Å². The van der Waals surface area contributed by atoms with Crippen LogP contribution in [-0.2, 0) is 0 Å². The van der Waals surface area contributed by atoms with Crippen molar-refractivity contribution < 1.29 is 0 Å². The second-order valence-electron chi connectivity index (χ2n) is 3.11. The van der Waals surface area contributed by atoms with Gasteiger partial charge in [0.05, 0.1) is 0 Å². The van der Waals surface area contributed by atoms with E-state index in [0.29, 0.717) is 0 Å². The number of hydrogen-bond acceptors (Lipinski definition) is 0. The molecule has 2 aromatic rings. The molecular formula is C12H7I3. The Hall–Kier alpha value is 0.630. The third kappa shape index (κ3) is 2.85. The van der Waals surface area contributed by atoms with E-state index in [0.717, 1.165) is 0 Å². The molecule has 0 nitrogen and oxygen atoms in total. The van der Waals surface area contributed by atoms with Gasteiger partial charge in [-0.25, -0.2) is 0 Å². The lowest BCUT2D eigenvalue weighted by Gasteiger charge is -2.08. The molecule has 76 valence electrons. The van der Waals surface area contributed by atoms with Crippen molar-refractivity contribution in [2.75, 3.05) is 0 Å². The average Bonchev–Trinajstić information content (AvgIpc) is 2.17. The number of halogens is 3. The molecule has 0 N–H and O–H groups in total. The summed E-state index contributed by atoms with van der Waals surface area (Å²) in [5.74, 6) is 0. The highest BCUT2D eigenvalue weighted by Crippen LogP contribution is 2.31. The van der Waals surface area contributed by atoms with Crippen LogP contribution < -0.4 is 0 Å². The molecule has 15 heavy (non-hydrogen) atoms. The first-order valence-corrected chi connectivity index (χ1v) is 7.62. The number of rotatable bonds is 1. The van der Waals surface area contributed by atoms with Crippen LogP contribution in [0.15, 0.2) is 42.5 Å². The summed E-state index contributed by atoms with van der Waals surface area (Å²) in [5.41, 5.74) is 2.64. The lowest BCUT2D eigenvalue weighted by atomic mass is 10.1. The minimum atomic E-state index is 1.29. The van der Waals surface area contributed by atoms with Gasteiger partial charge in [-0.2, -0.15) is 0 Å². The topological polar surface area (TPSA) is 0 Å². The van der Waals surface area contributed by atoms with Crippen molar-refractivity contribution in [1.29, 1.82) is 0 Å². The van der Waals surface area contributed by atoms with E-state index in [1.54, 1.807) is 0 Å². The Balaban J connectivity index is 2.64. The van der Waals surface area contributed by atoms with Crippen LogP contribution in [0.25, 0.3) is 11.1 Å². The Morgan fingerprint density at radius 1 is 0.733 bits per heavy atom. The first-order chi connectivity index (χ1) is 7.18. The van der Waals surface area contributed by atoms with Gasteiger partial charge in [0, 0.05) is 16.3 Å². The van der Waals surface area contributed by atoms with Gasteiger partial charge in [0.2, 0.25) is 0 Å². The predicted molar refractivity (Wildman–Crippen MR) is 90.0 cm³/mol. The van der Waals surface area contributed by atoms with Crippen molar-refractivity contribution in [2.24, 2.45) is 0 Å². The maximum atomic E-state index is 2.41. The maximum Gasteiger partial charge on any atom is 0.0229 e. The summed E-state index contributed by atoms with van der Waals surface area (Å²) in [4.78, 5) is 0. The fourth-order valence-electron chi connectivity index (χ4n) is 1.42. The van der Waals surface area contributed by atoms with Crippen molar-refractivity contribution in [3.8, 4) is 11.1 Å². The molecule has 3 heteroatoms. The standard InChI is InChI=1S/C12H7I3/c13-9-6-10(14)12(11(15)7-9)8-4-2-1-3-5-8/h1-7H. The van der Waals surface area contributed by atoms with E-state index in [9.17, 15) is 0 Å². The van der Waals surface area contributed by atoms with Gasteiger partial charge in [-0.05, 0) is 85.5 Å². The van der Waals surface area contributed by atoms with Crippen LogP contribution in [0.2, 0.25) is 0 Å². The highest BCUT2D eigenvalue weighted by atomic mass is 127. The molecule has 0 saturated heterocycles. The van der Waals surface area contributed by atoms with Gasteiger partial charge in [0.25, 0.3) is 0 Å². The first-order valence-electron chi connectivity index (χ1n) is 4.38. The molecule has 0 spiro atoms. The Morgan fingerprint density at radius 2 is 1.27 bits per heavy atom. The van der Waals surface area contributed by atoms with Gasteiger partial charge in [0.1, 0.15) is 0 Å². The average molecular weight is 532 g/mol. The van der Waals surface area contributed by atoms with Gasteiger partial charge in [-0.15, -0.1) is 0 Å². The molecule has 0 aliphatic heterocycles. The second-order valence-corrected chi connectivity index (χ2v) is 6.68. The van der Waals surface area contributed by atoms with Gasteiger partial charge < -0.3 is 0 Å². The fraction of sp³-hybridized carbons (Fsp3) is 0. The van der Waals surface area contributed by atoms with Gasteiger partial charge in [-0.3, -0.25) is 0 Å². The molecule has 2 aromatic carbocycles. The molecule has 2 rings (SSSR count). The highest BCUT2D eigenvalue weighted by Gasteiger charge is 2.08. The highest BCUT2D eigenvalue weighted by molar-refractivity contribution is 14.1. The fourth-order valence-corrected chi connectivity index (χ4v) is 5.63. The summed E-state index contributed by atoms with van der Waals surface area (Å²) in [6, 6.07) is 15.0. The summed E-state index contributed by atoms with van der Waals surface area (Å²) in [5, 5.41) is 0. The zero-order valence-electron chi connectivity index (χ0n) is 7.68. The summed E-state index contributed by atoms with van der Waals surface area (Å²) >= 11 is 7.17. The molecule has 0 aromatic heterocycles. The largest absolute Gasteiger partial charge is 0.0622 e. The van der Waals surface area contributed by atoms with Crippen molar-refractivity contribution in [2.45, 2.75) is 0 Å². The lowest BCUT2D eigenvalue weighted by Crippen LogP contribution is -1.89. The van der Waals surface area contributed by atoms with E-state index in [1.165, 1.54) is 21.8 Å². The van der Waals surface area contributed by atoms with Crippen LogP contribution in [0.1, 0.15) is 0 Å².